The summed E-state index contributed by atoms with van der Waals surface area (Å²) in [6.07, 6.45) is 0.0504. The van der Waals surface area contributed by atoms with Crippen molar-refractivity contribution in [1.82, 2.24) is 0 Å². The predicted octanol–water partition coefficient (Wildman–Crippen LogP) is 3.05. The van der Waals surface area contributed by atoms with Crippen LogP contribution in [0.4, 0.5) is 4.39 Å². The lowest BCUT2D eigenvalue weighted by atomic mass is 9.75. The Hall–Kier alpha value is -1.91. The van der Waals surface area contributed by atoms with E-state index in [2.05, 4.69) is 0 Å². The maximum atomic E-state index is 13.3. The van der Waals surface area contributed by atoms with Gasteiger partial charge >= 0.3 is 11.9 Å². The Bertz CT molecular complexity index is 513. The fourth-order valence-electron chi connectivity index (χ4n) is 2.44. The number of carboxylic acid groups (broad SMARTS) is 1. The third kappa shape index (κ3) is 4.28. The van der Waals surface area contributed by atoms with E-state index in [1.807, 2.05) is 13.8 Å². The zero-order valence-corrected chi connectivity index (χ0v) is 12.6. The number of halogens is 1. The molecule has 0 heterocycles. The SMILES string of the molecule is CCOC(=O)C(Cc1cccc(F)c1)(CC(C)C)C(=O)O. The number of benzene rings is 1. The van der Waals surface area contributed by atoms with E-state index in [0.29, 0.717) is 5.56 Å². The van der Waals surface area contributed by atoms with Crippen LogP contribution >= 0.6 is 0 Å². The van der Waals surface area contributed by atoms with Crippen LogP contribution in [0, 0.1) is 17.2 Å². The van der Waals surface area contributed by atoms with Gasteiger partial charge in [0.2, 0.25) is 0 Å². The largest absolute Gasteiger partial charge is 0.480 e. The summed E-state index contributed by atoms with van der Waals surface area (Å²) in [6.45, 7) is 5.40. The van der Waals surface area contributed by atoms with Gasteiger partial charge in [-0.05, 0) is 43.4 Å². The van der Waals surface area contributed by atoms with Crippen LogP contribution in [0.1, 0.15) is 32.8 Å². The molecular weight excluding hydrogens is 275 g/mol. The molecule has 1 aromatic rings. The molecule has 0 aliphatic carbocycles. The molecule has 0 saturated heterocycles. The first-order chi connectivity index (χ1) is 9.81. The first-order valence-corrected chi connectivity index (χ1v) is 6.97. The third-order valence-electron chi connectivity index (χ3n) is 3.23. The van der Waals surface area contributed by atoms with Crippen LogP contribution in [0.5, 0.6) is 0 Å². The third-order valence-corrected chi connectivity index (χ3v) is 3.23. The molecule has 0 fully saturated rings. The summed E-state index contributed by atoms with van der Waals surface area (Å²) < 4.78 is 18.3. The lowest BCUT2D eigenvalue weighted by molar-refractivity contribution is -0.170. The van der Waals surface area contributed by atoms with E-state index < -0.39 is 23.2 Å². The number of hydrogen-bond donors (Lipinski definition) is 1. The van der Waals surface area contributed by atoms with Crippen LogP contribution < -0.4 is 0 Å². The Kier molecular flexibility index (Phi) is 5.88. The van der Waals surface area contributed by atoms with E-state index >= 15 is 0 Å². The van der Waals surface area contributed by atoms with Crippen LogP contribution in [0.3, 0.4) is 0 Å². The maximum Gasteiger partial charge on any atom is 0.323 e. The van der Waals surface area contributed by atoms with Gasteiger partial charge < -0.3 is 9.84 Å². The summed E-state index contributed by atoms with van der Waals surface area (Å²) in [5.74, 6) is -2.48. The van der Waals surface area contributed by atoms with Gasteiger partial charge in [-0.1, -0.05) is 26.0 Å². The monoisotopic (exact) mass is 296 g/mol. The van der Waals surface area contributed by atoms with Crippen LogP contribution in [-0.2, 0) is 20.7 Å². The van der Waals surface area contributed by atoms with Crippen molar-refractivity contribution in [2.75, 3.05) is 6.61 Å². The Morgan fingerprint density at radius 3 is 2.52 bits per heavy atom. The van der Waals surface area contributed by atoms with E-state index in [1.165, 1.54) is 18.2 Å². The van der Waals surface area contributed by atoms with E-state index in [9.17, 15) is 19.1 Å². The minimum atomic E-state index is -1.68. The van der Waals surface area contributed by atoms with Gasteiger partial charge in [0, 0.05) is 0 Å². The van der Waals surface area contributed by atoms with Crippen molar-refractivity contribution >= 4 is 11.9 Å². The normalized spacial score (nSPS) is 13.8. The standard InChI is InChI=1S/C16H21FO4/c1-4-21-15(20)16(14(18)19,9-11(2)3)10-12-6-5-7-13(17)8-12/h5-8,11H,4,9-10H2,1-3H3,(H,18,19). The highest BCUT2D eigenvalue weighted by Gasteiger charge is 2.48. The van der Waals surface area contributed by atoms with Crippen molar-refractivity contribution in [1.29, 1.82) is 0 Å². The van der Waals surface area contributed by atoms with E-state index in [-0.39, 0.29) is 25.4 Å². The molecule has 1 rings (SSSR count). The first-order valence-electron chi connectivity index (χ1n) is 6.97. The first kappa shape index (κ1) is 17.1. The number of carbonyl (C=O) groups is 2. The lowest BCUT2D eigenvalue weighted by Crippen LogP contribution is -2.43. The van der Waals surface area contributed by atoms with Gasteiger partial charge in [0.25, 0.3) is 0 Å². The quantitative estimate of drug-likeness (QED) is 0.620. The fourth-order valence-corrected chi connectivity index (χ4v) is 2.44. The topological polar surface area (TPSA) is 63.6 Å². The van der Waals surface area contributed by atoms with E-state index in [0.717, 1.165) is 0 Å². The second-order valence-electron chi connectivity index (χ2n) is 5.51. The zero-order chi connectivity index (χ0) is 16.0. The van der Waals surface area contributed by atoms with E-state index in [4.69, 9.17) is 4.74 Å². The molecular formula is C16H21FO4. The lowest BCUT2D eigenvalue weighted by Gasteiger charge is -2.29. The molecule has 0 saturated carbocycles. The smallest absolute Gasteiger partial charge is 0.323 e. The minimum absolute atomic E-state index is 0.0148. The zero-order valence-electron chi connectivity index (χ0n) is 12.6. The average Bonchev–Trinajstić information content (AvgIpc) is 2.37. The Morgan fingerprint density at radius 2 is 2.05 bits per heavy atom. The number of ether oxygens (including phenoxy) is 1. The van der Waals surface area contributed by atoms with Crippen molar-refractivity contribution in [2.45, 2.75) is 33.6 Å². The summed E-state index contributed by atoms with van der Waals surface area (Å²) in [5.41, 5.74) is -1.22. The molecule has 5 heteroatoms. The molecule has 1 N–H and O–H groups in total. The van der Waals surface area contributed by atoms with Crippen LogP contribution in [0.2, 0.25) is 0 Å². The molecule has 0 aliphatic heterocycles. The number of carbonyl (C=O) groups excluding carboxylic acids is 1. The molecule has 4 nitrogen and oxygen atoms in total. The highest BCUT2D eigenvalue weighted by Crippen LogP contribution is 2.33. The fraction of sp³-hybridized carbons (Fsp3) is 0.500. The number of hydrogen-bond acceptors (Lipinski definition) is 3. The van der Waals surface area contributed by atoms with Gasteiger partial charge in [-0.3, -0.25) is 9.59 Å². The molecule has 1 unspecified atom stereocenters. The molecule has 1 aromatic carbocycles. The van der Waals surface area contributed by atoms with Crippen molar-refractivity contribution < 1.29 is 23.8 Å². The van der Waals surface area contributed by atoms with Crippen LogP contribution in [0.25, 0.3) is 0 Å². The summed E-state index contributed by atoms with van der Waals surface area (Å²) in [5, 5.41) is 9.61. The van der Waals surface area contributed by atoms with Gasteiger partial charge in [0.1, 0.15) is 5.82 Å². The second kappa shape index (κ2) is 7.20. The summed E-state index contributed by atoms with van der Waals surface area (Å²) in [4.78, 5) is 24.0. The summed E-state index contributed by atoms with van der Waals surface area (Å²) in [6, 6.07) is 5.63. The van der Waals surface area contributed by atoms with Gasteiger partial charge in [-0.15, -0.1) is 0 Å². The van der Waals surface area contributed by atoms with Gasteiger partial charge in [0.15, 0.2) is 5.41 Å². The Morgan fingerprint density at radius 1 is 1.38 bits per heavy atom. The minimum Gasteiger partial charge on any atom is -0.480 e. The van der Waals surface area contributed by atoms with Gasteiger partial charge in [-0.25, -0.2) is 4.39 Å². The van der Waals surface area contributed by atoms with Crippen molar-refractivity contribution in [3.63, 3.8) is 0 Å². The Labute approximate surface area is 123 Å². The molecule has 0 spiro atoms. The number of rotatable bonds is 7. The van der Waals surface area contributed by atoms with Crippen molar-refractivity contribution in [2.24, 2.45) is 11.3 Å². The summed E-state index contributed by atoms with van der Waals surface area (Å²) >= 11 is 0. The molecule has 0 aromatic heterocycles. The van der Waals surface area contributed by atoms with Crippen LogP contribution in [0.15, 0.2) is 24.3 Å². The Balaban J connectivity index is 3.21. The molecule has 21 heavy (non-hydrogen) atoms. The second-order valence-corrected chi connectivity index (χ2v) is 5.51. The number of esters is 1. The average molecular weight is 296 g/mol. The molecule has 0 bridgehead atoms. The van der Waals surface area contributed by atoms with Crippen molar-refractivity contribution in [3.8, 4) is 0 Å². The van der Waals surface area contributed by atoms with Gasteiger partial charge in [-0.2, -0.15) is 0 Å². The molecule has 0 amide bonds. The summed E-state index contributed by atoms with van der Waals surface area (Å²) in [7, 11) is 0. The van der Waals surface area contributed by atoms with Gasteiger partial charge in [0.05, 0.1) is 6.61 Å². The number of carboxylic acids is 1. The molecule has 1 atom stereocenters. The number of aliphatic carboxylic acids is 1. The molecule has 0 radical (unpaired) electrons. The van der Waals surface area contributed by atoms with Crippen LogP contribution in [-0.4, -0.2) is 23.7 Å². The molecule has 116 valence electrons. The highest BCUT2D eigenvalue weighted by molar-refractivity contribution is 5.99. The van der Waals surface area contributed by atoms with E-state index in [1.54, 1.807) is 13.0 Å². The van der Waals surface area contributed by atoms with Crippen molar-refractivity contribution in [3.05, 3.63) is 35.6 Å². The molecule has 0 aliphatic rings. The maximum absolute atomic E-state index is 13.3. The predicted molar refractivity (Wildman–Crippen MR) is 76.3 cm³/mol. The highest BCUT2D eigenvalue weighted by atomic mass is 19.1.